The number of rotatable bonds is 3. The summed E-state index contributed by atoms with van der Waals surface area (Å²) in [5.41, 5.74) is 8.36. The minimum absolute atomic E-state index is 0.185. The zero-order chi connectivity index (χ0) is 14.1. The van der Waals surface area contributed by atoms with E-state index in [0.29, 0.717) is 12.1 Å². The van der Waals surface area contributed by atoms with E-state index in [9.17, 15) is 4.39 Å². The van der Waals surface area contributed by atoms with Crippen molar-refractivity contribution in [3.8, 4) is 0 Å². The molecule has 3 rings (SSSR count). The number of nitrogens with zero attached hydrogens (tertiary/aromatic N) is 2. The Morgan fingerprint density at radius 1 is 1.15 bits per heavy atom. The van der Waals surface area contributed by atoms with E-state index >= 15 is 0 Å². The van der Waals surface area contributed by atoms with Crippen LogP contribution < -0.4 is 5.73 Å². The van der Waals surface area contributed by atoms with E-state index in [1.54, 1.807) is 18.2 Å². The molecule has 20 heavy (non-hydrogen) atoms. The predicted octanol–water partition coefficient (Wildman–Crippen LogP) is 3.37. The molecular formula is C16H16FN3. The van der Waals surface area contributed by atoms with Gasteiger partial charge in [0.25, 0.3) is 0 Å². The smallest absolute Gasteiger partial charge is 0.151 e. The normalized spacial score (nSPS) is 11.1. The van der Waals surface area contributed by atoms with Crippen molar-refractivity contribution < 1.29 is 4.39 Å². The van der Waals surface area contributed by atoms with Crippen molar-refractivity contribution >= 4 is 16.7 Å². The fourth-order valence-corrected chi connectivity index (χ4v) is 2.46. The Labute approximate surface area is 116 Å². The van der Waals surface area contributed by atoms with Crippen molar-refractivity contribution in [2.75, 3.05) is 5.73 Å². The molecule has 0 saturated carbocycles. The molecule has 0 fully saturated rings. The van der Waals surface area contributed by atoms with Gasteiger partial charge in [-0.25, -0.2) is 9.37 Å². The molecule has 0 aliphatic heterocycles. The Balaban J connectivity index is 2.12. The standard InChI is InChI=1S/C16H16FN3/c1-2-15-19-13-8-3-4-9-14(13)20(15)10-11-6-5-7-12(18)16(11)17/h3-9H,2,10,18H2,1H3. The van der Waals surface area contributed by atoms with Gasteiger partial charge < -0.3 is 10.3 Å². The second-order valence-corrected chi connectivity index (χ2v) is 4.78. The van der Waals surface area contributed by atoms with E-state index in [1.165, 1.54) is 0 Å². The molecule has 0 atom stereocenters. The van der Waals surface area contributed by atoms with Crippen molar-refractivity contribution in [1.29, 1.82) is 0 Å². The molecule has 0 saturated heterocycles. The summed E-state index contributed by atoms with van der Waals surface area (Å²) in [7, 11) is 0. The predicted molar refractivity (Wildman–Crippen MR) is 79.0 cm³/mol. The molecule has 2 N–H and O–H groups in total. The monoisotopic (exact) mass is 269 g/mol. The summed E-state index contributed by atoms with van der Waals surface area (Å²) in [6.45, 7) is 2.49. The summed E-state index contributed by atoms with van der Waals surface area (Å²) in [5.74, 6) is 0.611. The molecule has 3 aromatic rings. The van der Waals surface area contributed by atoms with Gasteiger partial charge in [0.1, 0.15) is 5.82 Å². The highest BCUT2D eigenvalue weighted by molar-refractivity contribution is 5.76. The molecule has 0 radical (unpaired) electrons. The molecule has 0 aliphatic rings. The molecular weight excluding hydrogens is 253 g/mol. The first-order valence-corrected chi connectivity index (χ1v) is 6.67. The number of anilines is 1. The van der Waals surface area contributed by atoms with Crippen LogP contribution in [0.3, 0.4) is 0 Å². The number of aryl methyl sites for hydroxylation is 1. The lowest BCUT2D eigenvalue weighted by Gasteiger charge is -2.10. The summed E-state index contributed by atoms with van der Waals surface area (Å²) in [6.07, 6.45) is 0.804. The zero-order valence-electron chi connectivity index (χ0n) is 11.3. The Hall–Kier alpha value is -2.36. The lowest BCUT2D eigenvalue weighted by molar-refractivity contribution is 0.602. The number of para-hydroxylation sites is 2. The lowest BCUT2D eigenvalue weighted by atomic mass is 10.2. The maximum atomic E-state index is 14.1. The van der Waals surface area contributed by atoms with Gasteiger partial charge in [-0.2, -0.15) is 0 Å². The van der Waals surface area contributed by atoms with E-state index in [-0.39, 0.29) is 11.5 Å². The van der Waals surface area contributed by atoms with Crippen LogP contribution in [0.1, 0.15) is 18.3 Å². The van der Waals surface area contributed by atoms with Crippen LogP contribution in [0.15, 0.2) is 42.5 Å². The van der Waals surface area contributed by atoms with Gasteiger partial charge in [-0.3, -0.25) is 0 Å². The van der Waals surface area contributed by atoms with Crippen LogP contribution >= 0.6 is 0 Å². The third-order valence-electron chi connectivity index (χ3n) is 3.49. The number of hydrogen-bond donors (Lipinski definition) is 1. The lowest BCUT2D eigenvalue weighted by Crippen LogP contribution is -2.07. The zero-order valence-corrected chi connectivity index (χ0v) is 11.3. The van der Waals surface area contributed by atoms with Crippen molar-refractivity contribution in [2.45, 2.75) is 19.9 Å². The largest absolute Gasteiger partial charge is 0.396 e. The van der Waals surface area contributed by atoms with Gasteiger partial charge in [0.2, 0.25) is 0 Å². The van der Waals surface area contributed by atoms with Crippen LogP contribution in [-0.4, -0.2) is 9.55 Å². The first-order chi connectivity index (χ1) is 9.70. The maximum absolute atomic E-state index is 14.1. The number of halogens is 1. The van der Waals surface area contributed by atoms with Gasteiger partial charge in [0.15, 0.2) is 5.82 Å². The molecule has 0 bridgehead atoms. The number of hydrogen-bond acceptors (Lipinski definition) is 2. The van der Waals surface area contributed by atoms with Crippen molar-refractivity contribution in [3.63, 3.8) is 0 Å². The van der Waals surface area contributed by atoms with E-state index < -0.39 is 0 Å². The van der Waals surface area contributed by atoms with E-state index in [0.717, 1.165) is 23.3 Å². The topological polar surface area (TPSA) is 43.8 Å². The summed E-state index contributed by atoms with van der Waals surface area (Å²) in [4.78, 5) is 4.59. The van der Waals surface area contributed by atoms with E-state index in [1.807, 2.05) is 35.8 Å². The van der Waals surface area contributed by atoms with Crippen molar-refractivity contribution in [3.05, 3.63) is 59.7 Å². The third-order valence-corrected chi connectivity index (χ3v) is 3.49. The Bertz CT molecular complexity index is 762. The van der Waals surface area contributed by atoms with Gasteiger partial charge in [-0.1, -0.05) is 31.2 Å². The number of aromatic nitrogens is 2. The first kappa shape index (κ1) is 12.7. The molecule has 0 aliphatic carbocycles. The minimum Gasteiger partial charge on any atom is -0.396 e. The molecule has 2 aromatic carbocycles. The van der Waals surface area contributed by atoms with Gasteiger partial charge in [0.05, 0.1) is 23.3 Å². The number of fused-ring (bicyclic) bond motifs is 1. The molecule has 1 heterocycles. The Kier molecular flexibility index (Phi) is 3.14. The van der Waals surface area contributed by atoms with E-state index in [2.05, 4.69) is 4.98 Å². The quantitative estimate of drug-likeness (QED) is 0.741. The van der Waals surface area contributed by atoms with Gasteiger partial charge in [0, 0.05) is 12.0 Å². The van der Waals surface area contributed by atoms with Crippen LogP contribution in [-0.2, 0) is 13.0 Å². The average Bonchev–Trinajstić information content (AvgIpc) is 2.82. The molecule has 4 heteroatoms. The van der Waals surface area contributed by atoms with Gasteiger partial charge >= 0.3 is 0 Å². The average molecular weight is 269 g/mol. The molecule has 0 amide bonds. The highest BCUT2D eigenvalue weighted by Crippen LogP contribution is 2.21. The summed E-state index contributed by atoms with van der Waals surface area (Å²) >= 11 is 0. The fourth-order valence-electron chi connectivity index (χ4n) is 2.46. The van der Waals surface area contributed by atoms with Crippen LogP contribution in [0.4, 0.5) is 10.1 Å². The van der Waals surface area contributed by atoms with Gasteiger partial charge in [-0.15, -0.1) is 0 Å². The minimum atomic E-state index is -0.340. The van der Waals surface area contributed by atoms with Crippen molar-refractivity contribution in [2.24, 2.45) is 0 Å². The highest BCUT2D eigenvalue weighted by atomic mass is 19.1. The van der Waals surface area contributed by atoms with Crippen LogP contribution in [0, 0.1) is 5.82 Å². The molecule has 1 aromatic heterocycles. The Morgan fingerprint density at radius 3 is 2.75 bits per heavy atom. The molecule has 102 valence electrons. The van der Waals surface area contributed by atoms with E-state index in [4.69, 9.17) is 5.73 Å². The Morgan fingerprint density at radius 2 is 1.95 bits per heavy atom. The summed E-state index contributed by atoms with van der Waals surface area (Å²) < 4.78 is 16.1. The first-order valence-electron chi connectivity index (χ1n) is 6.67. The molecule has 0 spiro atoms. The van der Waals surface area contributed by atoms with Crippen LogP contribution in [0.2, 0.25) is 0 Å². The number of benzene rings is 2. The number of nitrogens with two attached hydrogens (primary N) is 1. The summed E-state index contributed by atoms with van der Waals surface area (Å²) in [6, 6.07) is 13.0. The maximum Gasteiger partial charge on any atom is 0.151 e. The van der Waals surface area contributed by atoms with Crippen molar-refractivity contribution in [1.82, 2.24) is 9.55 Å². The van der Waals surface area contributed by atoms with Crippen LogP contribution in [0.5, 0.6) is 0 Å². The second kappa shape index (κ2) is 4.96. The second-order valence-electron chi connectivity index (χ2n) is 4.78. The SMILES string of the molecule is CCc1nc2ccccc2n1Cc1cccc(N)c1F. The third kappa shape index (κ3) is 2.03. The van der Waals surface area contributed by atoms with Crippen LogP contribution in [0.25, 0.3) is 11.0 Å². The van der Waals surface area contributed by atoms with Gasteiger partial charge in [-0.05, 0) is 18.2 Å². The molecule has 0 unspecified atom stereocenters. The number of nitrogen functional groups attached to an aromatic ring is 1. The summed E-state index contributed by atoms with van der Waals surface area (Å²) in [5, 5.41) is 0. The fraction of sp³-hybridized carbons (Fsp3) is 0.188. The highest BCUT2D eigenvalue weighted by Gasteiger charge is 2.12. The molecule has 3 nitrogen and oxygen atoms in total. The number of imidazole rings is 1.